The van der Waals surface area contributed by atoms with Crippen molar-refractivity contribution < 1.29 is 9.47 Å². The lowest BCUT2D eigenvalue weighted by atomic mass is 10.0. The number of hydrogen-bond donors (Lipinski definition) is 1. The molecule has 4 heteroatoms. The molecule has 86 valence electrons. The average Bonchev–Trinajstić information content (AvgIpc) is 2.32. The molecule has 1 aromatic carbocycles. The first kappa shape index (κ1) is 11.1. The van der Waals surface area contributed by atoms with Gasteiger partial charge in [0, 0.05) is 17.3 Å². The van der Waals surface area contributed by atoms with Crippen molar-refractivity contribution in [2.45, 2.75) is 12.4 Å². The molecule has 0 aliphatic carbocycles. The fourth-order valence-electron chi connectivity index (χ4n) is 1.69. The molecule has 0 amide bonds. The van der Waals surface area contributed by atoms with Crippen LogP contribution < -0.4 is 10.1 Å². The van der Waals surface area contributed by atoms with Crippen LogP contribution in [0.2, 0.25) is 0 Å². The predicted octanol–water partition coefficient (Wildman–Crippen LogP) is 2.87. The van der Waals surface area contributed by atoms with Gasteiger partial charge >= 0.3 is 0 Å². The zero-order chi connectivity index (χ0) is 11.5. The number of benzene rings is 1. The largest absolute Gasteiger partial charge is 0.497 e. The quantitative estimate of drug-likeness (QED) is 0.650. The summed E-state index contributed by atoms with van der Waals surface area (Å²) < 4.78 is 10.7. The highest BCUT2D eigenvalue weighted by Crippen LogP contribution is 2.34. The molecule has 0 saturated heterocycles. The van der Waals surface area contributed by atoms with E-state index in [0.29, 0.717) is 6.61 Å². The Kier molecular flexibility index (Phi) is 3.25. The Hall–Kier alpha value is -1.35. The first-order chi connectivity index (χ1) is 7.76. The molecule has 0 fully saturated rings. The average molecular weight is 240 g/mol. The van der Waals surface area contributed by atoms with Crippen molar-refractivity contribution in [2.75, 3.05) is 13.7 Å². The van der Waals surface area contributed by atoms with Crippen molar-refractivity contribution in [1.29, 1.82) is 0 Å². The van der Waals surface area contributed by atoms with E-state index in [9.17, 15) is 0 Å². The summed E-state index contributed by atoms with van der Waals surface area (Å²) in [6, 6.07) is 5.78. The minimum atomic E-state index is -0.217. The third-order valence-electron chi connectivity index (χ3n) is 2.46. The number of fused-ring (bicyclic) bond motifs is 1. The van der Waals surface area contributed by atoms with Crippen LogP contribution in [0.4, 0.5) is 0 Å². The standard InChI is InChI=1S/C12H14ClNO2/c1-3-16-11-7-14-12(13)9-5-4-8(15-2)6-10(9)11/h4-7,12,14H,3H2,1-2H3. The predicted molar refractivity (Wildman–Crippen MR) is 64.3 cm³/mol. The van der Waals surface area contributed by atoms with Crippen LogP contribution >= 0.6 is 11.6 Å². The Morgan fingerprint density at radius 2 is 2.25 bits per heavy atom. The van der Waals surface area contributed by atoms with Gasteiger partial charge in [-0.2, -0.15) is 0 Å². The summed E-state index contributed by atoms with van der Waals surface area (Å²) in [5, 5.41) is 3.05. The maximum Gasteiger partial charge on any atom is 0.142 e. The highest BCUT2D eigenvalue weighted by molar-refractivity contribution is 6.21. The smallest absolute Gasteiger partial charge is 0.142 e. The number of rotatable bonds is 3. The summed E-state index contributed by atoms with van der Waals surface area (Å²) in [6.07, 6.45) is 1.79. The molecule has 1 aromatic rings. The van der Waals surface area contributed by atoms with Crippen LogP contribution in [-0.4, -0.2) is 13.7 Å². The Morgan fingerprint density at radius 3 is 2.94 bits per heavy atom. The fourth-order valence-corrected chi connectivity index (χ4v) is 1.94. The number of methoxy groups -OCH3 is 1. The topological polar surface area (TPSA) is 30.5 Å². The number of alkyl halides is 1. The molecule has 0 radical (unpaired) electrons. The van der Waals surface area contributed by atoms with Crippen LogP contribution in [-0.2, 0) is 4.74 Å². The van der Waals surface area contributed by atoms with Crippen molar-refractivity contribution in [1.82, 2.24) is 5.32 Å². The molecule has 1 N–H and O–H groups in total. The van der Waals surface area contributed by atoms with E-state index in [1.165, 1.54) is 0 Å². The van der Waals surface area contributed by atoms with E-state index in [-0.39, 0.29) is 5.50 Å². The van der Waals surface area contributed by atoms with Gasteiger partial charge in [0.1, 0.15) is 17.0 Å². The highest BCUT2D eigenvalue weighted by atomic mass is 35.5. The molecule has 1 aliphatic rings. The van der Waals surface area contributed by atoms with Gasteiger partial charge in [0.2, 0.25) is 0 Å². The van der Waals surface area contributed by atoms with Gasteiger partial charge in [-0.15, -0.1) is 0 Å². The highest BCUT2D eigenvalue weighted by Gasteiger charge is 2.20. The summed E-state index contributed by atoms with van der Waals surface area (Å²) in [7, 11) is 1.64. The lowest BCUT2D eigenvalue weighted by Gasteiger charge is -2.23. The molecular weight excluding hydrogens is 226 g/mol. The van der Waals surface area contributed by atoms with Gasteiger partial charge in [-0.1, -0.05) is 17.7 Å². The molecule has 2 rings (SSSR count). The monoisotopic (exact) mass is 239 g/mol. The second-order valence-electron chi connectivity index (χ2n) is 3.42. The summed E-state index contributed by atoms with van der Waals surface area (Å²) in [5.41, 5.74) is 1.78. The number of hydrogen-bond acceptors (Lipinski definition) is 3. The maximum atomic E-state index is 6.16. The van der Waals surface area contributed by atoms with Crippen molar-refractivity contribution in [3.63, 3.8) is 0 Å². The third-order valence-corrected chi connectivity index (χ3v) is 2.82. The van der Waals surface area contributed by atoms with Crippen LogP contribution in [0.1, 0.15) is 23.6 Å². The van der Waals surface area contributed by atoms with E-state index in [1.807, 2.05) is 25.1 Å². The zero-order valence-electron chi connectivity index (χ0n) is 9.29. The minimum absolute atomic E-state index is 0.217. The molecule has 0 aromatic heterocycles. The first-order valence-electron chi connectivity index (χ1n) is 5.17. The van der Waals surface area contributed by atoms with Crippen LogP contribution in [0.3, 0.4) is 0 Å². The maximum absolute atomic E-state index is 6.16. The van der Waals surface area contributed by atoms with Crippen LogP contribution in [0.5, 0.6) is 5.75 Å². The van der Waals surface area contributed by atoms with Gasteiger partial charge in [0.25, 0.3) is 0 Å². The first-order valence-corrected chi connectivity index (χ1v) is 5.61. The minimum Gasteiger partial charge on any atom is -0.497 e. The molecule has 0 saturated carbocycles. The summed E-state index contributed by atoms with van der Waals surface area (Å²) in [6.45, 7) is 2.57. The van der Waals surface area contributed by atoms with Crippen LogP contribution in [0.25, 0.3) is 5.76 Å². The molecule has 1 unspecified atom stereocenters. The van der Waals surface area contributed by atoms with E-state index >= 15 is 0 Å². The van der Waals surface area contributed by atoms with E-state index in [4.69, 9.17) is 21.1 Å². The van der Waals surface area contributed by atoms with Crippen molar-refractivity contribution in [2.24, 2.45) is 0 Å². The van der Waals surface area contributed by atoms with Gasteiger partial charge in [-0.05, 0) is 19.1 Å². The van der Waals surface area contributed by atoms with Crippen LogP contribution in [0.15, 0.2) is 24.4 Å². The van der Waals surface area contributed by atoms with Gasteiger partial charge in [-0.25, -0.2) is 0 Å². The number of nitrogens with one attached hydrogen (secondary N) is 1. The molecule has 3 nitrogen and oxygen atoms in total. The fraction of sp³-hybridized carbons (Fsp3) is 0.333. The molecular formula is C12H14ClNO2. The number of halogens is 1. The van der Waals surface area contributed by atoms with Crippen molar-refractivity contribution in [3.8, 4) is 5.75 Å². The molecule has 1 atom stereocenters. The lowest BCUT2D eigenvalue weighted by molar-refractivity contribution is 0.294. The Balaban J connectivity index is 2.44. The summed E-state index contributed by atoms with van der Waals surface area (Å²) >= 11 is 6.16. The van der Waals surface area contributed by atoms with Gasteiger partial charge in [0.15, 0.2) is 0 Å². The van der Waals surface area contributed by atoms with E-state index in [2.05, 4.69) is 5.32 Å². The third kappa shape index (κ3) is 1.95. The summed E-state index contributed by atoms with van der Waals surface area (Å²) in [4.78, 5) is 0. The van der Waals surface area contributed by atoms with Crippen molar-refractivity contribution in [3.05, 3.63) is 35.5 Å². The van der Waals surface area contributed by atoms with E-state index in [1.54, 1.807) is 13.3 Å². The van der Waals surface area contributed by atoms with Gasteiger partial charge in [-0.3, -0.25) is 0 Å². The molecule has 1 heterocycles. The Bertz CT molecular complexity index is 417. The van der Waals surface area contributed by atoms with Gasteiger partial charge in [0.05, 0.1) is 13.7 Å². The van der Waals surface area contributed by atoms with Crippen LogP contribution in [0, 0.1) is 0 Å². The van der Waals surface area contributed by atoms with Crippen molar-refractivity contribution >= 4 is 17.4 Å². The molecule has 16 heavy (non-hydrogen) atoms. The number of ether oxygens (including phenoxy) is 2. The molecule has 0 bridgehead atoms. The van der Waals surface area contributed by atoms with Gasteiger partial charge < -0.3 is 14.8 Å². The van der Waals surface area contributed by atoms with E-state index < -0.39 is 0 Å². The summed E-state index contributed by atoms with van der Waals surface area (Å²) in [5.74, 6) is 1.60. The Morgan fingerprint density at radius 1 is 1.44 bits per heavy atom. The Labute approximate surface area is 100 Å². The molecule has 0 spiro atoms. The second kappa shape index (κ2) is 4.66. The second-order valence-corrected chi connectivity index (χ2v) is 3.86. The SMILES string of the molecule is CCOC1=CNC(Cl)c2ccc(OC)cc21. The van der Waals surface area contributed by atoms with E-state index in [0.717, 1.165) is 22.6 Å². The molecule has 1 aliphatic heterocycles. The normalized spacial score (nSPS) is 18.2. The zero-order valence-corrected chi connectivity index (χ0v) is 10.0. The lowest BCUT2D eigenvalue weighted by Crippen LogP contribution is -2.18.